The Bertz CT molecular complexity index is 1550. The highest BCUT2D eigenvalue weighted by molar-refractivity contribution is 6.01. The van der Waals surface area contributed by atoms with E-state index in [0.29, 0.717) is 27.8 Å². The Morgan fingerprint density at radius 1 is 0.912 bits per heavy atom. The Morgan fingerprint density at radius 2 is 1.65 bits per heavy atom. The average Bonchev–Trinajstić information content (AvgIpc) is 2.81. The Morgan fingerprint density at radius 3 is 2.44 bits per heavy atom. The Labute approximate surface area is 191 Å². The van der Waals surface area contributed by atoms with Crippen LogP contribution in [0.15, 0.2) is 79.0 Å². The number of nitrogens with two attached hydrogens (primary N) is 1. The molecule has 5 rings (SSSR count). The predicted molar refractivity (Wildman–Crippen MR) is 125 cm³/mol. The summed E-state index contributed by atoms with van der Waals surface area (Å²) in [5.74, 6) is -0.385. The maximum absolute atomic E-state index is 14.5. The van der Waals surface area contributed by atoms with Gasteiger partial charge in [-0.15, -0.1) is 0 Å². The van der Waals surface area contributed by atoms with Gasteiger partial charge in [0.2, 0.25) is 0 Å². The van der Waals surface area contributed by atoms with Crippen molar-refractivity contribution in [1.29, 1.82) is 0 Å². The maximum atomic E-state index is 14.5. The lowest BCUT2D eigenvalue weighted by Crippen LogP contribution is -2.10. The molecule has 0 atom stereocenters. The molecule has 1 aromatic heterocycles. The van der Waals surface area contributed by atoms with Crippen LogP contribution in [0.2, 0.25) is 0 Å². The van der Waals surface area contributed by atoms with E-state index in [0.717, 1.165) is 6.07 Å². The highest BCUT2D eigenvalue weighted by atomic mass is 19.4. The topological polar surface area (TPSA) is 63.8 Å². The van der Waals surface area contributed by atoms with Gasteiger partial charge in [0.05, 0.1) is 22.5 Å². The summed E-state index contributed by atoms with van der Waals surface area (Å²) in [6.07, 6.45) is -3.07. The molecule has 0 saturated carbocycles. The summed E-state index contributed by atoms with van der Waals surface area (Å²) in [5.41, 5.74) is 10.3. The molecule has 4 aromatic rings. The van der Waals surface area contributed by atoms with Crippen LogP contribution in [0, 0.1) is 5.82 Å². The summed E-state index contributed by atoms with van der Waals surface area (Å²) in [5, 5.41) is 3.59. The van der Waals surface area contributed by atoms with E-state index in [-0.39, 0.29) is 28.4 Å². The summed E-state index contributed by atoms with van der Waals surface area (Å²) in [7, 11) is 0. The van der Waals surface area contributed by atoms with Crippen molar-refractivity contribution in [1.82, 2.24) is 9.97 Å². The second kappa shape index (κ2) is 7.86. The average molecular weight is 460 g/mol. The van der Waals surface area contributed by atoms with E-state index >= 15 is 0 Å². The van der Waals surface area contributed by atoms with Gasteiger partial charge in [0.15, 0.2) is 5.82 Å². The van der Waals surface area contributed by atoms with Gasteiger partial charge in [-0.1, -0.05) is 48.7 Å². The number of hydrogen-bond acceptors (Lipinski definition) is 4. The number of nitrogens with one attached hydrogen (secondary N) is 1. The highest BCUT2D eigenvalue weighted by Crippen LogP contribution is 2.38. The third-order valence-electron chi connectivity index (χ3n) is 5.47. The van der Waals surface area contributed by atoms with Crippen LogP contribution in [0.5, 0.6) is 0 Å². The fraction of sp³-hybridized carbons (Fsp3) is 0.0385. The normalized spacial score (nSPS) is 13.1. The van der Waals surface area contributed by atoms with Crippen molar-refractivity contribution >= 4 is 33.7 Å². The second-order valence-corrected chi connectivity index (χ2v) is 7.66. The van der Waals surface area contributed by atoms with Crippen LogP contribution in [0.4, 0.5) is 29.1 Å². The van der Waals surface area contributed by atoms with Crippen molar-refractivity contribution in [2.24, 2.45) is 0 Å². The Kier molecular flexibility index (Phi) is 4.96. The van der Waals surface area contributed by atoms with Gasteiger partial charge < -0.3 is 11.1 Å². The summed E-state index contributed by atoms with van der Waals surface area (Å²) < 4.78 is 55.5. The van der Waals surface area contributed by atoms with Gasteiger partial charge in [-0.2, -0.15) is 13.2 Å². The van der Waals surface area contributed by atoms with Crippen LogP contribution in [-0.2, 0) is 6.18 Å². The molecule has 0 amide bonds. The first-order chi connectivity index (χ1) is 16.2. The molecule has 168 valence electrons. The highest BCUT2D eigenvalue weighted by Gasteiger charge is 2.34. The van der Waals surface area contributed by atoms with Crippen molar-refractivity contribution in [3.8, 4) is 11.4 Å². The SMILES string of the molecule is C=C1C=C=C(Nc2nc(-c3ccccc3C(F)(F)F)nc3c(N)cccc23)c2cccc(F)c21. The largest absolute Gasteiger partial charge is 0.417 e. The number of allylic oxidation sites excluding steroid dienone is 2. The molecule has 8 heteroatoms. The molecule has 0 fully saturated rings. The number of alkyl halides is 3. The zero-order valence-corrected chi connectivity index (χ0v) is 17.5. The number of nitrogen functional groups attached to an aromatic ring is 1. The molecule has 4 nitrogen and oxygen atoms in total. The number of rotatable bonds is 3. The van der Waals surface area contributed by atoms with E-state index < -0.39 is 17.6 Å². The standard InChI is InChI=1S/C26H16F4N4/c1-14-12-13-21(16-7-4-10-19(27)22(14)16)32-25-17-8-5-11-20(31)23(17)33-24(34-25)15-6-2-3-9-18(15)26(28,29)30/h2-12H,1,31H2,(H,32,33,34). The van der Waals surface area contributed by atoms with Crippen molar-refractivity contribution < 1.29 is 17.6 Å². The molecular weight excluding hydrogens is 444 g/mol. The molecular formula is C26H16F4N4. The van der Waals surface area contributed by atoms with Gasteiger partial charge >= 0.3 is 6.18 Å². The van der Waals surface area contributed by atoms with Gasteiger partial charge in [-0.25, -0.2) is 14.4 Å². The lowest BCUT2D eigenvalue weighted by atomic mass is 9.94. The number of nitrogens with zero attached hydrogens (tertiary/aromatic N) is 2. The minimum absolute atomic E-state index is 0.148. The van der Waals surface area contributed by atoms with Crippen LogP contribution in [-0.4, -0.2) is 9.97 Å². The molecule has 1 heterocycles. The first-order valence-corrected chi connectivity index (χ1v) is 10.2. The van der Waals surface area contributed by atoms with E-state index in [2.05, 4.69) is 27.6 Å². The number of benzene rings is 3. The van der Waals surface area contributed by atoms with Crippen LogP contribution >= 0.6 is 0 Å². The fourth-order valence-electron chi connectivity index (χ4n) is 3.91. The zero-order chi connectivity index (χ0) is 24.0. The van der Waals surface area contributed by atoms with Crippen LogP contribution in [0.1, 0.15) is 16.7 Å². The molecule has 1 aliphatic rings. The Hall–Kier alpha value is -4.42. The zero-order valence-electron chi connectivity index (χ0n) is 17.5. The van der Waals surface area contributed by atoms with Gasteiger partial charge in [0.25, 0.3) is 0 Å². The number of fused-ring (bicyclic) bond motifs is 2. The van der Waals surface area contributed by atoms with E-state index in [9.17, 15) is 17.6 Å². The van der Waals surface area contributed by atoms with Gasteiger partial charge in [0.1, 0.15) is 11.6 Å². The lowest BCUT2D eigenvalue weighted by molar-refractivity contribution is -0.137. The van der Waals surface area contributed by atoms with Crippen molar-refractivity contribution in [2.75, 3.05) is 11.1 Å². The van der Waals surface area contributed by atoms with Gasteiger partial charge in [-0.05, 0) is 35.9 Å². The summed E-state index contributed by atoms with van der Waals surface area (Å²) in [4.78, 5) is 8.78. The molecule has 1 aliphatic carbocycles. The van der Waals surface area contributed by atoms with Crippen molar-refractivity contribution in [3.05, 3.63) is 102 Å². The maximum Gasteiger partial charge on any atom is 0.417 e. The Balaban J connectivity index is 1.73. The monoisotopic (exact) mass is 460 g/mol. The number of anilines is 2. The molecule has 3 N–H and O–H groups in total. The van der Waals surface area contributed by atoms with Crippen LogP contribution in [0.25, 0.3) is 33.6 Å². The lowest BCUT2D eigenvalue weighted by Gasteiger charge is -2.19. The predicted octanol–water partition coefficient (Wildman–Crippen LogP) is 6.67. The second-order valence-electron chi connectivity index (χ2n) is 7.66. The quantitative estimate of drug-likeness (QED) is 0.204. The van der Waals surface area contributed by atoms with E-state index in [4.69, 9.17) is 5.73 Å². The van der Waals surface area contributed by atoms with E-state index in [1.54, 1.807) is 30.3 Å². The smallest absolute Gasteiger partial charge is 0.397 e. The summed E-state index contributed by atoms with van der Waals surface area (Å²) in [6, 6.07) is 14.6. The number of halogens is 4. The summed E-state index contributed by atoms with van der Waals surface area (Å²) in [6.45, 7) is 3.86. The minimum Gasteiger partial charge on any atom is -0.397 e. The van der Waals surface area contributed by atoms with Crippen LogP contribution in [0.3, 0.4) is 0 Å². The van der Waals surface area contributed by atoms with E-state index in [1.807, 2.05) is 0 Å². The first kappa shape index (κ1) is 21.4. The molecule has 34 heavy (non-hydrogen) atoms. The van der Waals surface area contributed by atoms with Gasteiger partial charge in [0, 0.05) is 22.1 Å². The molecule has 0 unspecified atom stereocenters. The third-order valence-corrected chi connectivity index (χ3v) is 5.47. The molecule has 0 saturated heterocycles. The molecule has 3 aromatic carbocycles. The number of para-hydroxylation sites is 1. The molecule has 0 aliphatic heterocycles. The molecule has 0 spiro atoms. The van der Waals surface area contributed by atoms with Crippen LogP contribution < -0.4 is 11.1 Å². The van der Waals surface area contributed by atoms with Gasteiger partial charge in [-0.3, -0.25) is 0 Å². The number of hydrogen-bond donors (Lipinski definition) is 2. The molecule has 0 radical (unpaired) electrons. The minimum atomic E-state index is -4.60. The number of aromatic nitrogens is 2. The summed E-state index contributed by atoms with van der Waals surface area (Å²) >= 11 is 0. The van der Waals surface area contributed by atoms with E-state index in [1.165, 1.54) is 30.3 Å². The molecule has 0 bridgehead atoms. The third kappa shape index (κ3) is 3.60. The van der Waals surface area contributed by atoms with Crippen molar-refractivity contribution in [3.63, 3.8) is 0 Å². The first-order valence-electron chi connectivity index (χ1n) is 10.2. The fourth-order valence-corrected chi connectivity index (χ4v) is 3.91. The van der Waals surface area contributed by atoms with Crippen molar-refractivity contribution in [2.45, 2.75) is 6.18 Å².